The molecule has 0 radical (unpaired) electrons. The number of fused-ring (bicyclic) bond motifs is 1. The van der Waals surface area contributed by atoms with Crippen molar-refractivity contribution in [3.8, 4) is 0 Å². The van der Waals surface area contributed by atoms with Gasteiger partial charge in [-0.3, -0.25) is 14.7 Å². The second-order valence-corrected chi connectivity index (χ2v) is 4.84. The standard InChI is InChI=1S/C15H13N3OS/c1-2-18-14(19)13(17-15(18)20)9-10-7-8-16-12-6-4-3-5-11(10)12/h3-9H,2H2,1H3,(H,17,20). The molecule has 4 nitrogen and oxygen atoms in total. The number of nitrogens with one attached hydrogen (secondary N) is 1. The molecule has 20 heavy (non-hydrogen) atoms. The Labute approximate surface area is 122 Å². The lowest BCUT2D eigenvalue weighted by Gasteiger charge is -2.08. The van der Waals surface area contributed by atoms with E-state index in [1.807, 2.05) is 43.3 Å². The Bertz CT molecular complexity index is 733. The van der Waals surface area contributed by atoms with Crippen LogP contribution in [-0.2, 0) is 4.79 Å². The molecular formula is C15H13N3OS. The average molecular weight is 283 g/mol. The molecule has 0 spiro atoms. The molecule has 2 aromatic rings. The van der Waals surface area contributed by atoms with Gasteiger partial charge in [-0.1, -0.05) is 18.2 Å². The highest BCUT2D eigenvalue weighted by Gasteiger charge is 2.29. The summed E-state index contributed by atoms with van der Waals surface area (Å²) in [7, 11) is 0. The molecule has 0 saturated carbocycles. The molecule has 1 aliphatic heterocycles. The van der Waals surface area contributed by atoms with E-state index in [-0.39, 0.29) is 5.91 Å². The quantitative estimate of drug-likeness (QED) is 0.678. The van der Waals surface area contributed by atoms with Crippen LogP contribution in [0.4, 0.5) is 0 Å². The zero-order valence-corrected chi connectivity index (χ0v) is 11.8. The fourth-order valence-corrected chi connectivity index (χ4v) is 2.58. The number of pyridine rings is 1. The van der Waals surface area contributed by atoms with Gasteiger partial charge < -0.3 is 5.32 Å². The molecule has 0 aliphatic carbocycles. The van der Waals surface area contributed by atoms with E-state index < -0.39 is 0 Å². The third-order valence-electron chi connectivity index (χ3n) is 3.26. The van der Waals surface area contributed by atoms with E-state index in [0.29, 0.717) is 17.4 Å². The Morgan fingerprint density at radius 3 is 2.90 bits per heavy atom. The summed E-state index contributed by atoms with van der Waals surface area (Å²) < 4.78 is 0. The summed E-state index contributed by atoms with van der Waals surface area (Å²) in [6.45, 7) is 2.47. The molecular weight excluding hydrogens is 270 g/mol. The summed E-state index contributed by atoms with van der Waals surface area (Å²) in [5.74, 6) is -0.0848. The lowest BCUT2D eigenvalue weighted by molar-refractivity contribution is -0.122. The molecule has 2 heterocycles. The van der Waals surface area contributed by atoms with Crippen molar-refractivity contribution in [3.63, 3.8) is 0 Å². The van der Waals surface area contributed by atoms with Crippen LogP contribution in [0.25, 0.3) is 17.0 Å². The van der Waals surface area contributed by atoms with Crippen LogP contribution in [0.3, 0.4) is 0 Å². The molecule has 1 saturated heterocycles. The summed E-state index contributed by atoms with van der Waals surface area (Å²) >= 11 is 5.15. The van der Waals surface area contributed by atoms with Crippen molar-refractivity contribution in [2.75, 3.05) is 6.54 Å². The highest BCUT2D eigenvalue weighted by atomic mass is 32.1. The number of likely N-dealkylation sites (N-methyl/N-ethyl adjacent to an activating group) is 1. The Balaban J connectivity index is 2.07. The molecule has 5 heteroatoms. The maximum absolute atomic E-state index is 12.2. The van der Waals surface area contributed by atoms with Crippen LogP contribution in [-0.4, -0.2) is 27.4 Å². The summed E-state index contributed by atoms with van der Waals surface area (Å²) in [5, 5.41) is 4.44. The first kappa shape index (κ1) is 12.7. The lowest BCUT2D eigenvalue weighted by atomic mass is 10.1. The first-order chi connectivity index (χ1) is 9.70. The number of amides is 1. The van der Waals surface area contributed by atoms with Gasteiger partial charge in [0.25, 0.3) is 5.91 Å². The normalized spacial score (nSPS) is 17.1. The molecule has 1 fully saturated rings. The van der Waals surface area contributed by atoms with Crippen LogP contribution in [0, 0.1) is 0 Å². The molecule has 1 aliphatic rings. The van der Waals surface area contributed by atoms with Crippen LogP contribution in [0.5, 0.6) is 0 Å². The fourth-order valence-electron chi connectivity index (χ4n) is 2.26. The maximum atomic E-state index is 12.2. The van der Waals surface area contributed by atoms with Gasteiger partial charge in [-0.25, -0.2) is 0 Å². The summed E-state index contributed by atoms with van der Waals surface area (Å²) in [4.78, 5) is 18.0. The SMILES string of the molecule is CCN1C(=O)C(=Cc2ccnc3ccccc23)NC1=S. The second-order valence-electron chi connectivity index (χ2n) is 4.45. The van der Waals surface area contributed by atoms with Crippen LogP contribution >= 0.6 is 12.2 Å². The highest BCUT2D eigenvalue weighted by Crippen LogP contribution is 2.20. The predicted molar refractivity (Wildman–Crippen MR) is 82.8 cm³/mol. The van der Waals surface area contributed by atoms with E-state index in [4.69, 9.17) is 12.2 Å². The Morgan fingerprint density at radius 2 is 2.15 bits per heavy atom. The van der Waals surface area contributed by atoms with Crippen LogP contribution in [0.2, 0.25) is 0 Å². The van der Waals surface area contributed by atoms with Gasteiger partial charge in [0.15, 0.2) is 5.11 Å². The lowest BCUT2D eigenvalue weighted by Crippen LogP contribution is -2.30. The van der Waals surface area contributed by atoms with Crippen LogP contribution in [0.1, 0.15) is 12.5 Å². The Morgan fingerprint density at radius 1 is 1.35 bits per heavy atom. The molecule has 1 amide bonds. The van der Waals surface area contributed by atoms with Crippen molar-refractivity contribution in [1.82, 2.24) is 15.2 Å². The van der Waals surface area contributed by atoms with E-state index >= 15 is 0 Å². The van der Waals surface area contributed by atoms with Gasteiger partial charge >= 0.3 is 0 Å². The van der Waals surface area contributed by atoms with Crippen LogP contribution in [0.15, 0.2) is 42.2 Å². The molecule has 0 unspecified atom stereocenters. The predicted octanol–water partition coefficient (Wildman–Crippen LogP) is 2.31. The van der Waals surface area contributed by atoms with Gasteiger partial charge in [0.2, 0.25) is 0 Å². The van der Waals surface area contributed by atoms with Crippen molar-refractivity contribution < 1.29 is 4.79 Å². The fraction of sp³-hybridized carbons (Fsp3) is 0.133. The van der Waals surface area contributed by atoms with Gasteiger partial charge in [0.05, 0.1) is 5.52 Å². The van der Waals surface area contributed by atoms with E-state index in [1.54, 1.807) is 11.1 Å². The number of rotatable bonds is 2. The second kappa shape index (κ2) is 5.02. The number of benzene rings is 1. The van der Waals surface area contributed by atoms with E-state index in [9.17, 15) is 4.79 Å². The van der Waals surface area contributed by atoms with Gasteiger partial charge in [0.1, 0.15) is 5.70 Å². The summed E-state index contributed by atoms with van der Waals surface area (Å²) in [5.41, 5.74) is 2.36. The molecule has 3 rings (SSSR count). The third-order valence-corrected chi connectivity index (χ3v) is 3.58. The van der Waals surface area contributed by atoms with Gasteiger partial charge in [-0.2, -0.15) is 0 Å². The zero-order chi connectivity index (χ0) is 14.1. The number of carbonyl (C=O) groups is 1. The van der Waals surface area contributed by atoms with E-state index in [0.717, 1.165) is 16.5 Å². The van der Waals surface area contributed by atoms with Crippen LogP contribution < -0.4 is 5.32 Å². The molecule has 0 bridgehead atoms. The molecule has 1 N–H and O–H groups in total. The minimum Gasteiger partial charge on any atom is -0.328 e. The number of thiocarbonyl (C=S) groups is 1. The van der Waals surface area contributed by atoms with Crippen molar-refractivity contribution in [1.29, 1.82) is 0 Å². The number of para-hydroxylation sites is 1. The molecule has 1 aromatic heterocycles. The minimum absolute atomic E-state index is 0.0848. The maximum Gasteiger partial charge on any atom is 0.276 e. The van der Waals surface area contributed by atoms with Crippen molar-refractivity contribution in [3.05, 3.63) is 47.8 Å². The smallest absolute Gasteiger partial charge is 0.276 e. The first-order valence-electron chi connectivity index (χ1n) is 6.39. The highest BCUT2D eigenvalue weighted by molar-refractivity contribution is 7.80. The number of hydrogen-bond acceptors (Lipinski definition) is 3. The summed E-state index contributed by atoms with van der Waals surface area (Å²) in [6.07, 6.45) is 3.57. The monoisotopic (exact) mass is 283 g/mol. The number of nitrogens with zero attached hydrogens (tertiary/aromatic N) is 2. The molecule has 1 aromatic carbocycles. The van der Waals surface area contributed by atoms with Crippen molar-refractivity contribution in [2.24, 2.45) is 0 Å². The Kier molecular flexibility index (Phi) is 3.20. The molecule has 0 atom stereocenters. The third kappa shape index (κ3) is 2.06. The number of hydrogen-bond donors (Lipinski definition) is 1. The van der Waals surface area contributed by atoms with Gasteiger partial charge in [0, 0.05) is 18.1 Å². The molecule has 100 valence electrons. The number of aromatic nitrogens is 1. The minimum atomic E-state index is -0.0848. The average Bonchev–Trinajstić information content (AvgIpc) is 2.73. The van der Waals surface area contributed by atoms with Gasteiger partial charge in [-0.15, -0.1) is 0 Å². The Hall–Kier alpha value is -2.27. The topological polar surface area (TPSA) is 45.2 Å². The van der Waals surface area contributed by atoms with E-state index in [1.165, 1.54) is 0 Å². The van der Waals surface area contributed by atoms with Crippen molar-refractivity contribution in [2.45, 2.75) is 6.92 Å². The first-order valence-corrected chi connectivity index (χ1v) is 6.80. The van der Waals surface area contributed by atoms with Gasteiger partial charge in [-0.05, 0) is 42.9 Å². The number of carbonyl (C=O) groups excluding carboxylic acids is 1. The summed E-state index contributed by atoms with van der Waals surface area (Å²) in [6, 6.07) is 9.73. The largest absolute Gasteiger partial charge is 0.328 e. The van der Waals surface area contributed by atoms with E-state index in [2.05, 4.69) is 10.3 Å². The van der Waals surface area contributed by atoms with Crippen molar-refractivity contribution >= 4 is 40.2 Å². The zero-order valence-electron chi connectivity index (χ0n) is 11.0.